The second-order valence-electron chi connectivity index (χ2n) is 3.57. The minimum absolute atomic E-state index is 0.340. The first-order valence-corrected chi connectivity index (χ1v) is 4.60. The Morgan fingerprint density at radius 1 is 1.79 bits per heavy atom. The lowest BCUT2D eigenvalue weighted by Crippen LogP contribution is -2.26. The molecule has 1 aliphatic rings. The Kier molecular flexibility index (Phi) is 2.15. The van der Waals surface area contributed by atoms with Crippen LogP contribution in [0.2, 0.25) is 0 Å². The van der Waals surface area contributed by atoms with Crippen LogP contribution in [0.15, 0.2) is 6.20 Å². The van der Waals surface area contributed by atoms with Gasteiger partial charge in [0, 0.05) is 13.1 Å². The van der Waals surface area contributed by atoms with Crippen LogP contribution in [-0.4, -0.2) is 29.4 Å². The van der Waals surface area contributed by atoms with Gasteiger partial charge in [0.1, 0.15) is 11.4 Å². The summed E-state index contributed by atoms with van der Waals surface area (Å²) in [6.07, 6.45) is 1.55. The molecular formula is C9H13N3O2. The molecular weight excluding hydrogens is 182 g/mol. The molecule has 5 heteroatoms. The van der Waals surface area contributed by atoms with Crippen LogP contribution in [0.4, 0.5) is 5.82 Å². The lowest BCUT2D eigenvalue weighted by molar-refractivity contribution is 0.0601. The topological polar surface area (TPSA) is 56.1 Å². The summed E-state index contributed by atoms with van der Waals surface area (Å²) < 4.78 is 6.46. The van der Waals surface area contributed by atoms with Gasteiger partial charge in [-0.25, -0.2) is 9.48 Å². The van der Waals surface area contributed by atoms with Crippen LogP contribution in [0.1, 0.15) is 17.3 Å². The molecule has 0 saturated heterocycles. The molecule has 2 heterocycles. The Hall–Kier alpha value is -1.52. The summed E-state index contributed by atoms with van der Waals surface area (Å²) in [5.41, 5.74) is 0.513. The first-order chi connectivity index (χ1) is 6.72. The number of anilines is 1. The molecule has 1 unspecified atom stereocenters. The maximum Gasteiger partial charge on any atom is 0.343 e. The summed E-state index contributed by atoms with van der Waals surface area (Å²) in [4.78, 5) is 11.3. The summed E-state index contributed by atoms with van der Waals surface area (Å²) >= 11 is 0. The summed E-state index contributed by atoms with van der Waals surface area (Å²) in [6.45, 7) is 3.85. The standard InChI is InChI=1S/C9H13N3O2/c1-6-3-10-8-7(9(13)14-2)4-11-12(8)5-6/h4,6,10H,3,5H2,1-2H3. The average Bonchev–Trinajstić information content (AvgIpc) is 2.59. The number of aromatic nitrogens is 2. The molecule has 1 aliphatic heterocycles. The summed E-state index contributed by atoms with van der Waals surface area (Å²) in [6, 6.07) is 0. The zero-order valence-corrected chi connectivity index (χ0v) is 8.28. The lowest BCUT2D eigenvalue weighted by Gasteiger charge is -2.22. The highest BCUT2D eigenvalue weighted by molar-refractivity contribution is 5.94. The first kappa shape index (κ1) is 9.05. The molecule has 1 N–H and O–H groups in total. The van der Waals surface area contributed by atoms with Crippen LogP contribution >= 0.6 is 0 Å². The number of rotatable bonds is 1. The van der Waals surface area contributed by atoms with Crippen LogP contribution < -0.4 is 5.32 Å². The Morgan fingerprint density at radius 2 is 2.57 bits per heavy atom. The molecule has 0 spiro atoms. The van der Waals surface area contributed by atoms with Gasteiger partial charge in [-0.15, -0.1) is 0 Å². The van der Waals surface area contributed by atoms with Crippen LogP contribution in [0.5, 0.6) is 0 Å². The van der Waals surface area contributed by atoms with E-state index >= 15 is 0 Å². The van der Waals surface area contributed by atoms with E-state index in [1.807, 2.05) is 0 Å². The minimum atomic E-state index is -0.340. The van der Waals surface area contributed by atoms with Crippen LogP contribution in [-0.2, 0) is 11.3 Å². The van der Waals surface area contributed by atoms with Crippen molar-refractivity contribution < 1.29 is 9.53 Å². The number of nitrogens with one attached hydrogen (secondary N) is 1. The molecule has 1 atom stereocenters. The van der Waals surface area contributed by atoms with Crippen LogP contribution in [0.3, 0.4) is 0 Å². The second kappa shape index (κ2) is 3.32. The normalized spacial score (nSPS) is 19.7. The molecule has 0 aromatic carbocycles. The largest absolute Gasteiger partial charge is 0.465 e. The van der Waals surface area contributed by atoms with E-state index < -0.39 is 0 Å². The second-order valence-corrected chi connectivity index (χ2v) is 3.57. The van der Waals surface area contributed by atoms with Gasteiger partial charge in [0.05, 0.1) is 13.3 Å². The Labute approximate surface area is 82.0 Å². The van der Waals surface area contributed by atoms with Gasteiger partial charge in [0.2, 0.25) is 0 Å². The number of methoxy groups -OCH3 is 1. The SMILES string of the molecule is COC(=O)c1cnn2c1NCC(C)C2. The molecule has 5 nitrogen and oxygen atoms in total. The van der Waals surface area contributed by atoms with E-state index in [1.165, 1.54) is 7.11 Å². The van der Waals surface area contributed by atoms with E-state index in [2.05, 4.69) is 22.1 Å². The Bertz CT molecular complexity index is 359. The van der Waals surface area contributed by atoms with Crippen molar-refractivity contribution in [3.05, 3.63) is 11.8 Å². The lowest BCUT2D eigenvalue weighted by atomic mass is 10.1. The van der Waals surface area contributed by atoms with E-state index in [0.29, 0.717) is 11.5 Å². The van der Waals surface area contributed by atoms with Crippen molar-refractivity contribution in [2.24, 2.45) is 5.92 Å². The zero-order valence-electron chi connectivity index (χ0n) is 8.28. The molecule has 0 radical (unpaired) electrons. The number of hydrogen-bond acceptors (Lipinski definition) is 4. The number of fused-ring (bicyclic) bond motifs is 1. The maximum atomic E-state index is 11.3. The number of hydrogen-bond donors (Lipinski definition) is 1. The van der Waals surface area contributed by atoms with Gasteiger partial charge in [-0.2, -0.15) is 5.10 Å². The third kappa shape index (κ3) is 1.34. The molecule has 0 amide bonds. The van der Waals surface area contributed by atoms with Crippen molar-refractivity contribution in [2.75, 3.05) is 19.0 Å². The predicted molar refractivity (Wildman–Crippen MR) is 51.2 cm³/mol. The van der Waals surface area contributed by atoms with Gasteiger partial charge in [-0.05, 0) is 5.92 Å². The van der Waals surface area contributed by atoms with Crippen LogP contribution in [0, 0.1) is 5.92 Å². The van der Waals surface area contributed by atoms with Gasteiger partial charge in [-0.3, -0.25) is 0 Å². The molecule has 0 aliphatic carbocycles. The Morgan fingerprint density at radius 3 is 3.29 bits per heavy atom. The molecule has 0 fully saturated rings. The van der Waals surface area contributed by atoms with E-state index in [0.717, 1.165) is 18.9 Å². The zero-order chi connectivity index (χ0) is 10.1. The molecule has 14 heavy (non-hydrogen) atoms. The van der Waals surface area contributed by atoms with Crippen molar-refractivity contribution in [3.63, 3.8) is 0 Å². The highest BCUT2D eigenvalue weighted by atomic mass is 16.5. The van der Waals surface area contributed by atoms with Crippen molar-refractivity contribution in [3.8, 4) is 0 Å². The van der Waals surface area contributed by atoms with Gasteiger partial charge >= 0.3 is 5.97 Å². The molecule has 2 rings (SSSR count). The third-order valence-electron chi connectivity index (χ3n) is 2.35. The summed E-state index contributed by atoms with van der Waals surface area (Å²) in [7, 11) is 1.37. The number of esters is 1. The van der Waals surface area contributed by atoms with Gasteiger partial charge in [0.15, 0.2) is 0 Å². The average molecular weight is 195 g/mol. The molecule has 76 valence electrons. The highest BCUT2D eigenvalue weighted by Crippen LogP contribution is 2.21. The first-order valence-electron chi connectivity index (χ1n) is 4.60. The molecule has 1 aromatic heterocycles. The number of carbonyl (C=O) groups is 1. The molecule has 0 bridgehead atoms. The number of carbonyl (C=O) groups excluding carboxylic acids is 1. The Balaban J connectivity index is 2.33. The van der Waals surface area contributed by atoms with E-state index in [9.17, 15) is 4.79 Å². The van der Waals surface area contributed by atoms with Crippen molar-refractivity contribution in [1.82, 2.24) is 9.78 Å². The molecule has 0 saturated carbocycles. The third-order valence-corrected chi connectivity index (χ3v) is 2.35. The van der Waals surface area contributed by atoms with E-state index in [1.54, 1.807) is 10.9 Å². The number of nitrogens with zero attached hydrogens (tertiary/aromatic N) is 2. The van der Waals surface area contributed by atoms with Crippen molar-refractivity contribution >= 4 is 11.8 Å². The highest BCUT2D eigenvalue weighted by Gasteiger charge is 2.22. The quantitative estimate of drug-likeness (QED) is 0.671. The smallest absolute Gasteiger partial charge is 0.343 e. The van der Waals surface area contributed by atoms with Gasteiger partial charge < -0.3 is 10.1 Å². The molecule has 1 aromatic rings. The number of ether oxygens (including phenoxy) is 1. The monoisotopic (exact) mass is 195 g/mol. The van der Waals surface area contributed by atoms with Crippen LogP contribution in [0.25, 0.3) is 0 Å². The summed E-state index contributed by atoms with van der Waals surface area (Å²) in [5, 5.41) is 7.31. The van der Waals surface area contributed by atoms with E-state index in [-0.39, 0.29) is 5.97 Å². The van der Waals surface area contributed by atoms with Crippen molar-refractivity contribution in [1.29, 1.82) is 0 Å². The fourth-order valence-electron chi connectivity index (χ4n) is 1.60. The predicted octanol–water partition coefficient (Wildman–Crippen LogP) is 0.731. The van der Waals surface area contributed by atoms with Gasteiger partial charge in [0.25, 0.3) is 0 Å². The fourth-order valence-corrected chi connectivity index (χ4v) is 1.60. The van der Waals surface area contributed by atoms with Gasteiger partial charge in [-0.1, -0.05) is 6.92 Å². The minimum Gasteiger partial charge on any atom is -0.465 e. The van der Waals surface area contributed by atoms with Crippen molar-refractivity contribution in [2.45, 2.75) is 13.5 Å². The van der Waals surface area contributed by atoms with E-state index in [4.69, 9.17) is 0 Å². The maximum absolute atomic E-state index is 11.3. The fraction of sp³-hybridized carbons (Fsp3) is 0.556. The summed E-state index contributed by atoms with van der Waals surface area (Å²) in [5.74, 6) is 0.969.